The minimum absolute atomic E-state index is 0.425. The molecule has 1 aromatic heterocycles. The van der Waals surface area contributed by atoms with Crippen LogP contribution in [0.2, 0.25) is 0 Å². The van der Waals surface area contributed by atoms with E-state index in [1.54, 1.807) is 6.92 Å². The van der Waals surface area contributed by atoms with E-state index in [4.69, 9.17) is 4.52 Å². The second kappa shape index (κ2) is 7.97. The third-order valence-electron chi connectivity index (χ3n) is 3.70. The molecule has 1 aliphatic rings. The number of nitrogens with zero attached hydrogens (tertiary/aromatic N) is 4. The zero-order valence-corrected chi connectivity index (χ0v) is 13.2. The Kier molecular flexibility index (Phi) is 5.98. The molecule has 2 N–H and O–H groups in total. The first-order chi connectivity index (χ1) is 10.2. The number of hydrogen-bond acceptors (Lipinski definition) is 5. The molecule has 2 rings (SSSR count). The van der Waals surface area contributed by atoms with Crippen LogP contribution in [0.5, 0.6) is 0 Å². The minimum Gasteiger partial charge on any atom is -0.357 e. The van der Waals surface area contributed by atoms with Crippen molar-refractivity contribution in [3.8, 4) is 0 Å². The van der Waals surface area contributed by atoms with Crippen molar-refractivity contribution in [2.75, 3.05) is 26.2 Å². The molecule has 0 radical (unpaired) electrons. The molecule has 0 aliphatic carbocycles. The van der Waals surface area contributed by atoms with Gasteiger partial charge in [-0.05, 0) is 32.9 Å². The lowest BCUT2D eigenvalue weighted by atomic mass is 10.2. The fourth-order valence-corrected chi connectivity index (χ4v) is 2.65. The van der Waals surface area contributed by atoms with Crippen LogP contribution in [-0.2, 0) is 6.54 Å². The molecule has 1 aromatic rings. The van der Waals surface area contributed by atoms with Gasteiger partial charge in [-0.3, -0.25) is 4.90 Å². The molecule has 0 aromatic carbocycles. The van der Waals surface area contributed by atoms with Gasteiger partial charge in [0.25, 0.3) is 0 Å². The number of aryl methyl sites for hydroxylation is 1. The summed E-state index contributed by atoms with van der Waals surface area (Å²) in [5.74, 6) is 1.99. The molecule has 0 spiro atoms. The molecule has 0 saturated carbocycles. The van der Waals surface area contributed by atoms with E-state index in [9.17, 15) is 0 Å². The highest BCUT2D eigenvalue weighted by molar-refractivity contribution is 5.79. The van der Waals surface area contributed by atoms with Gasteiger partial charge in [-0.2, -0.15) is 4.98 Å². The van der Waals surface area contributed by atoms with Gasteiger partial charge in [0.2, 0.25) is 5.89 Å². The fourth-order valence-electron chi connectivity index (χ4n) is 2.65. The first-order valence-corrected chi connectivity index (χ1v) is 7.78. The first kappa shape index (κ1) is 15.8. The Hall–Kier alpha value is -1.63. The third-order valence-corrected chi connectivity index (χ3v) is 3.70. The van der Waals surface area contributed by atoms with Crippen LogP contribution in [0.1, 0.15) is 38.4 Å². The molecule has 2 heterocycles. The molecule has 1 saturated heterocycles. The maximum absolute atomic E-state index is 4.95. The van der Waals surface area contributed by atoms with Gasteiger partial charge in [0.1, 0.15) is 6.54 Å². The Morgan fingerprint density at radius 3 is 2.95 bits per heavy atom. The summed E-state index contributed by atoms with van der Waals surface area (Å²) in [4.78, 5) is 11.2. The molecular formula is C14H26N6O. The van der Waals surface area contributed by atoms with Gasteiger partial charge >= 0.3 is 0 Å². The SMILES string of the molecule is CCNC(=NCc1noc(C)n1)NCC1CCCN1CC. The van der Waals surface area contributed by atoms with Gasteiger partial charge in [-0.25, -0.2) is 4.99 Å². The molecule has 7 nitrogen and oxygen atoms in total. The van der Waals surface area contributed by atoms with Crippen molar-refractivity contribution in [3.05, 3.63) is 11.7 Å². The van der Waals surface area contributed by atoms with Crippen molar-refractivity contribution in [2.24, 2.45) is 4.99 Å². The van der Waals surface area contributed by atoms with Crippen LogP contribution < -0.4 is 10.6 Å². The maximum Gasteiger partial charge on any atom is 0.223 e. The van der Waals surface area contributed by atoms with Crippen molar-refractivity contribution >= 4 is 5.96 Å². The second-order valence-corrected chi connectivity index (χ2v) is 5.23. The third kappa shape index (κ3) is 4.70. The number of likely N-dealkylation sites (N-methyl/N-ethyl adjacent to an activating group) is 1. The van der Waals surface area contributed by atoms with Gasteiger partial charge in [-0.1, -0.05) is 12.1 Å². The van der Waals surface area contributed by atoms with E-state index in [1.807, 2.05) is 0 Å². The summed E-state index contributed by atoms with van der Waals surface area (Å²) in [6, 6.07) is 0.603. The van der Waals surface area contributed by atoms with E-state index >= 15 is 0 Å². The first-order valence-electron chi connectivity index (χ1n) is 7.78. The van der Waals surface area contributed by atoms with Crippen molar-refractivity contribution in [3.63, 3.8) is 0 Å². The van der Waals surface area contributed by atoms with Gasteiger partial charge in [-0.15, -0.1) is 0 Å². The lowest BCUT2D eigenvalue weighted by Crippen LogP contribution is -2.44. The van der Waals surface area contributed by atoms with Crippen LogP contribution in [0.4, 0.5) is 0 Å². The van der Waals surface area contributed by atoms with E-state index in [1.165, 1.54) is 19.4 Å². The number of hydrogen-bond donors (Lipinski definition) is 2. The quantitative estimate of drug-likeness (QED) is 0.600. The Labute approximate surface area is 126 Å². The standard InChI is InChI=1S/C14H26N6O/c1-4-15-14(17-10-13-18-11(3)21-19-13)16-9-12-7-6-8-20(12)5-2/h12H,4-10H2,1-3H3,(H2,15,16,17). The summed E-state index contributed by atoms with van der Waals surface area (Å²) < 4.78 is 4.95. The number of rotatable bonds is 6. The Morgan fingerprint density at radius 2 is 2.29 bits per heavy atom. The zero-order chi connectivity index (χ0) is 15.1. The topological polar surface area (TPSA) is 78.6 Å². The monoisotopic (exact) mass is 294 g/mol. The number of aromatic nitrogens is 2. The molecule has 21 heavy (non-hydrogen) atoms. The van der Waals surface area contributed by atoms with Crippen molar-refractivity contribution in [1.82, 2.24) is 25.7 Å². The van der Waals surface area contributed by atoms with Crippen molar-refractivity contribution < 1.29 is 4.52 Å². The molecule has 0 bridgehead atoms. The van der Waals surface area contributed by atoms with Gasteiger partial charge in [0, 0.05) is 26.1 Å². The predicted molar refractivity (Wildman–Crippen MR) is 82.1 cm³/mol. The van der Waals surface area contributed by atoms with Crippen LogP contribution in [0, 0.1) is 6.92 Å². The Bertz CT molecular complexity index is 458. The smallest absolute Gasteiger partial charge is 0.223 e. The average molecular weight is 294 g/mol. The van der Waals surface area contributed by atoms with Gasteiger partial charge in [0.05, 0.1) is 0 Å². The lowest BCUT2D eigenvalue weighted by molar-refractivity contribution is 0.267. The Morgan fingerprint density at radius 1 is 1.43 bits per heavy atom. The van der Waals surface area contributed by atoms with Gasteiger partial charge < -0.3 is 15.2 Å². The molecule has 0 amide bonds. The van der Waals surface area contributed by atoms with E-state index in [0.717, 1.165) is 25.6 Å². The van der Waals surface area contributed by atoms with Crippen LogP contribution in [0.3, 0.4) is 0 Å². The highest BCUT2D eigenvalue weighted by atomic mass is 16.5. The normalized spacial score (nSPS) is 20.0. The number of nitrogens with one attached hydrogen (secondary N) is 2. The van der Waals surface area contributed by atoms with Crippen LogP contribution in [0.25, 0.3) is 0 Å². The largest absolute Gasteiger partial charge is 0.357 e. The molecular weight excluding hydrogens is 268 g/mol. The fraction of sp³-hybridized carbons (Fsp3) is 0.786. The maximum atomic E-state index is 4.95. The van der Waals surface area contributed by atoms with E-state index in [0.29, 0.717) is 24.3 Å². The lowest BCUT2D eigenvalue weighted by Gasteiger charge is -2.23. The Balaban J connectivity index is 1.86. The summed E-state index contributed by atoms with van der Waals surface area (Å²) in [5, 5.41) is 10.5. The number of aliphatic imine (C=N–C) groups is 1. The number of likely N-dealkylation sites (tertiary alicyclic amines) is 1. The summed E-state index contributed by atoms with van der Waals surface area (Å²) in [6.45, 7) is 10.6. The highest BCUT2D eigenvalue weighted by Crippen LogP contribution is 2.15. The average Bonchev–Trinajstić information content (AvgIpc) is 3.10. The summed E-state index contributed by atoms with van der Waals surface area (Å²) >= 11 is 0. The number of guanidine groups is 1. The summed E-state index contributed by atoms with van der Waals surface area (Å²) in [6.07, 6.45) is 2.54. The zero-order valence-electron chi connectivity index (χ0n) is 13.2. The van der Waals surface area contributed by atoms with E-state index in [2.05, 4.69) is 44.5 Å². The van der Waals surface area contributed by atoms with E-state index in [-0.39, 0.29) is 0 Å². The van der Waals surface area contributed by atoms with Crippen LogP contribution in [0.15, 0.2) is 9.52 Å². The predicted octanol–water partition coefficient (Wildman–Crippen LogP) is 0.917. The molecule has 1 fully saturated rings. The minimum atomic E-state index is 0.425. The van der Waals surface area contributed by atoms with E-state index < -0.39 is 0 Å². The van der Waals surface area contributed by atoms with Crippen molar-refractivity contribution in [2.45, 2.75) is 46.2 Å². The molecule has 7 heteroatoms. The second-order valence-electron chi connectivity index (χ2n) is 5.23. The molecule has 1 unspecified atom stereocenters. The molecule has 118 valence electrons. The summed E-state index contributed by atoms with van der Waals surface area (Å²) in [7, 11) is 0. The molecule has 1 atom stereocenters. The van der Waals surface area contributed by atoms with Crippen LogP contribution >= 0.6 is 0 Å². The van der Waals surface area contributed by atoms with Gasteiger partial charge in [0.15, 0.2) is 11.8 Å². The van der Waals surface area contributed by atoms with Crippen molar-refractivity contribution in [1.29, 1.82) is 0 Å². The van der Waals surface area contributed by atoms with Crippen LogP contribution in [-0.4, -0.2) is 53.2 Å². The molecule has 1 aliphatic heterocycles. The highest BCUT2D eigenvalue weighted by Gasteiger charge is 2.22. The summed E-state index contributed by atoms with van der Waals surface area (Å²) in [5.41, 5.74) is 0.